The number of hydrogen-bond donors (Lipinski definition) is 1. The number of likely N-dealkylation sites (N-methyl/N-ethyl adjacent to an activating group) is 1. The Balaban J connectivity index is 2.03. The highest BCUT2D eigenvalue weighted by molar-refractivity contribution is 5.81. The molecule has 0 aliphatic heterocycles. The molecule has 19 heavy (non-hydrogen) atoms. The van der Waals surface area contributed by atoms with E-state index in [0.717, 1.165) is 5.56 Å². The minimum Gasteiger partial charge on any atom is -0.378 e. The number of aliphatic hydroxyl groups excluding tert-OH is 1. The highest BCUT2D eigenvalue weighted by Crippen LogP contribution is 2.15. The van der Waals surface area contributed by atoms with Gasteiger partial charge in [-0.2, -0.15) is 0 Å². The van der Waals surface area contributed by atoms with Crippen LogP contribution < -0.4 is 0 Å². The molecule has 1 heterocycles. The molecule has 1 N–H and O–H groups in total. The van der Waals surface area contributed by atoms with Gasteiger partial charge in [0.05, 0.1) is 0 Å². The van der Waals surface area contributed by atoms with Crippen molar-refractivity contribution in [2.45, 2.75) is 12.6 Å². The number of pyridine rings is 1. The number of hydrogen-bond acceptors (Lipinski definition) is 3. The van der Waals surface area contributed by atoms with Gasteiger partial charge in [0.2, 0.25) is 0 Å². The van der Waals surface area contributed by atoms with Crippen molar-refractivity contribution in [3.63, 3.8) is 0 Å². The zero-order valence-electron chi connectivity index (χ0n) is 10.7. The van der Waals surface area contributed by atoms with E-state index in [0.29, 0.717) is 12.1 Å². The molecule has 1 unspecified atom stereocenters. The van der Waals surface area contributed by atoms with Crippen molar-refractivity contribution in [1.82, 2.24) is 9.88 Å². The standard InChI is InChI=1S/C15H16N2O2/c1-17(11-12-7-9-16-10-8-12)15(19)14(18)13-5-3-2-4-6-13/h2-10,14,18H,11H2,1H3. The van der Waals surface area contributed by atoms with E-state index in [4.69, 9.17) is 0 Å². The van der Waals surface area contributed by atoms with Gasteiger partial charge in [-0.25, -0.2) is 0 Å². The number of amides is 1. The predicted molar refractivity (Wildman–Crippen MR) is 72.1 cm³/mol. The first-order chi connectivity index (χ1) is 9.18. The first kappa shape index (κ1) is 13.2. The Morgan fingerprint density at radius 2 is 1.84 bits per heavy atom. The molecule has 1 amide bonds. The SMILES string of the molecule is CN(Cc1ccncc1)C(=O)C(O)c1ccccc1. The molecule has 0 saturated heterocycles. The van der Waals surface area contributed by atoms with Gasteiger partial charge in [-0.1, -0.05) is 30.3 Å². The number of carbonyl (C=O) groups is 1. The predicted octanol–water partition coefficient (Wildman–Crippen LogP) is 1.77. The summed E-state index contributed by atoms with van der Waals surface area (Å²) in [5.74, 6) is -0.317. The third-order valence-corrected chi connectivity index (χ3v) is 2.89. The molecular formula is C15H16N2O2. The lowest BCUT2D eigenvalue weighted by Gasteiger charge is -2.20. The van der Waals surface area contributed by atoms with E-state index >= 15 is 0 Å². The number of aromatic nitrogens is 1. The van der Waals surface area contributed by atoms with Crippen LogP contribution in [0.3, 0.4) is 0 Å². The summed E-state index contributed by atoms with van der Waals surface area (Å²) in [5.41, 5.74) is 1.58. The largest absolute Gasteiger partial charge is 0.378 e. The number of carbonyl (C=O) groups excluding carboxylic acids is 1. The molecule has 0 aliphatic carbocycles. The molecule has 4 nitrogen and oxygen atoms in total. The molecular weight excluding hydrogens is 240 g/mol. The smallest absolute Gasteiger partial charge is 0.256 e. The van der Waals surface area contributed by atoms with E-state index in [2.05, 4.69) is 4.98 Å². The molecule has 2 aromatic rings. The van der Waals surface area contributed by atoms with Crippen molar-refractivity contribution in [2.24, 2.45) is 0 Å². The van der Waals surface area contributed by atoms with E-state index in [9.17, 15) is 9.90 Å². The fourth-order valence-corrected chi connectivity index (χ4v) is 1.83. The molecule has 0 radical (unpaired) electrons. The van der Waals surface area contributed by atoms with Crippen molar-refractivity contribution in [3.8, 4) is 0 Å². The quantitative estimate of drug-likeness (QED) is 0.907. The van der Waals surface area contributed by atoms with Crippen LogP contribution in [0.2, 0.25) is 0 Å². The monoisotopic (exact) mass is 256 g/mol. The van der Waals surface area contributed by atoms with Crippen LogP contribution in [0.5, 0.6) is 0 Å². The second-order valence-corrected chi connectivity index (χ2v) is 4.36. The van der Waals surface area contributed by atoms with Crippen LogP contribution >= 0.6 is 0 Å². The normalized spacial score (nSPS) is 11.9. The first-order valence-electron chi connectivity index (χ1n) is 6.05. The van der Waals surface area contributed by atoms with Crippen LogP contribution in [-0.2, 0) is 11.3 Å². The van der Waals surface area contributed by atoms with E-state index in [1.807, 2.05) is 18.2 Å². The van der Waals surface area contributed by atoms with Crippen LogP contribution in [0.25, 0.3) is 0 Å². The number of benzene rings is 1. The zero-order chi connectivity index (χ0) is 13.7. The van der Waals surface area contributed by atoms with E-state index in [1.54, 1.807) is 43.7 Å². The first-order valence-corrected chi connectivity index (χ1v) is 6.05. The van der Waals surface area contributed by atoms with Crippen LogP contribution in [0.15, 0.2) is 54.9 Å². The maximum absolute atomic E-state index is 12.1. The van der Waals surface area contributed by atoms with Gasteiger partial charge in [-0.05, 0) is 23.3 Å². The summed E-state index contributed by atoms with van der Waals surface area (Å²) >= 11 is 0. The number of nitrogens with zero attached hydrogens (tertiary/aromatic N) is 2. The summed E-state index contributed by atoms with van der Waals surface area (Å²) < 4.78 is 0. The van der Waals surface area contributed by atoms with Crippen molar-refractivity contribution >= 4 is 5.91 Å². The zero-order valence-corrected chi connectivity index (χ0v) is 10.7. The molecule has 0 aliphatic rings. The second kappa shape index (κ2) is 6.11. The fraction of sp³-hybridized carbons (Fsp3) is 0.200. The van der Waals surface area contributed by atoms with Gasteiger partial charge < -0.3 is 10.0 Å². The minimum atomic E-state index is -1.12. The van der Waals surface area contributed by atoms with Gasteiger partial charge in [0, 0.05) is 26.0 Å². The Hall–Kier alpha value is -2.20. The summed E-state index contributed by atoms with van der Waals surface area (Å²) in [7, 11) is 1.68. The highest BCUT2D eigenvalue weighted by atomic mass is 16.3. The van der Waals surface area contributed by atoms with Crippen LogP contribution in [-0.4, -0.2) is 27.9 Å². The highest BCUT2D eigenvalue weighted by Gasteiger charge is 2.20. The third kappa shape index (κ3) is 3.39. The van der Waals surface area contributed by atoms with Gasteiger partial charge in [-0.3, -0.25) is 9.78 Å². The Kier molecular flexibility index (Phi) is 4.26. The van der Waals surface area contributed by atoms with Crippen molar-refractivity contribution in [1.29, 1.82) is 0 Å². The molecule has 4 heteroatoms. The van der Waals surface area contributed by atoms with Gasteiger partial charge in [0.25, 0.3) is 5.91 Å². The van der Waals surface area contributed by atoms with Gasteiger partial charge in [0.15, 0.2) is 6.10 Å². The molecule has 0 saturated carbocycles. The lowest BCUT2D eigenvalue weighted by molar-refractivity contribution is -0.139. The lowest BCUT2D eigenvalue weighted by Crippen LogP contribution is -2.31. The molecule has 0 fully saturated rings. The van der Waals surface area contributed by atoms with Gasteiger partial charge in [0.1, 0.15) is 0 Å². The Morgan fingerprint density at radius 3 is 2.47 bits per heavy atom. The Morgan fingerprint density at radius 1 is 1.21 bits per heavy atom. The topological polar surface area (TPSA) is 53.4 Å². The summed E-state index contributed by atoms with van der Waals surface area (Å²) in [5, 5.41) is 10.0. The summed E-state index contributed by atoms with van der Waals surface area (Å²) in [6.07, 6.45) is 2.25. The minimum absolute atomic E-state index is 0.317. The maximum atomic E-state index is 12.1. The van der Waals surface area contributed by atoms with Crippen molar-refractivity contribution in [2.75, 3.05) is 7.05 Å². The van der Waals surface area contributed by atoms with E-state index in [-0.39, 0.29) is 5.91 Å². The van der Waals surface area contributed by atoms with Crippen molar-refractivity contribution in [3.05, 3.63) is 66.0 Å². The number of rotatable bonds is 4. The van der Waals surface area contributed by atoms with Crippen LogP contribution in [0.1, 0.15) is 17.2 Å². The van der Waals surface area contributed by atoms with Crippen molar-refractivity contribution < 1.29 is 9.90 Å². The molecule has 2 rings (SSSR count). The molecule has 1 atom stereocenters. The van der Waals surface area contributed by atoms with Gasteiger partial charge in [-0.15, -0.1) is 0 Å². The molecule has 98 valence electrons. The molecule has 0 bridgehead atoms. The average Bonchev–Trinajstić information content (AvgIpc) is 2.47. The lowest BCUT2D eigenvalue weighted by atomic mass is 10.1. The maximum Gasteiger partial charge on any atom is 0.256 e. The third-order valence-electron chi connectivity index (χ3n) is 2.89. The molecule has 1 aromatic carbocycles. The molecule has 1 aromatic heterocycles. The summed E-state index contributed by atoms with van der Waals surface area (Å²) in [6.45, 7) is 0.450. The Bertz CT molecular complexity index is 528. The molecule has 0 spiro atoms. The number of aliphatic hydroxyl groups is 1. The van der Waals surface area contributed by atoms with Crippen LogP contribution in [0, 0.1) is 0 Å². The van der Waals surface area contributed by atoms with Gasteiger partial charge >= 0.3 is 0 Å². The van der Waals surface area contributed by atoms with Crippen LogP contribution in [0.4, 0.5) is 0 Å². The summed E-state index contributed by atoms with van der Waals surface area (Å²) in [4.78, 5) is 17.5. The average molecular weight is 256 g/mol. The second-order valence-electron chi connectivity index (χ2n) is 4.36. The fourth-order valence-electron chi connectivity index (χ4n) is 1.83. The van der Waals surface area contributed by atoms with E-state index in [1.165, 1.54) is 4.90 Å². The van der Waals surface area contributed by atoms with E-state index < -0.39 is 6.10 Å². The summed E-state index contributed by atoms with van der Waals surface area (Å²) in [6, 6.07) is 12.6. The Labute approximate surface area is 112 Å².